The van der Waals surface area contributed by atoms with E-state index in [-0.39, 0.29) is 25.5 Å². The zero-order chi connectivity index (χ0) is 18.4. The van der Waals surface area contributed by atoms with E-state index in [9.17, 15) is 14.4 Å². The van der Waals surface area contributed by atoms with Gasteiger partial charge in [-0.05, 0) is 53.9 Å². The molecule has 0 aromatic carbocycles. The fourth-order valence-corrected chi connectivity index (χ4v) is 2.45. The topological polar surface area (TPSA) is 82.1 Å². The van der Waals surface area contributed by atoms with Crippen molar-refractivity contribution in [2.24, 2.45) is 0 Å². The SMILES string of the molecule is CCOC(=O)CCC1(N(CC(=O)OCC)C(=O)OC(C)(C)C)CC1. The zero-order valence-corrected chi connectivity index (χ0v) is 15.3. The van der Waals surface area contributed by atoms with Crippen LogP contribution in [-0.4, -0.2) is 53.8 Å². The van der Waals surface area contributed by atoms with Gasteiger partial charge < -0.3 is 14.2 Å². The Morgan fingerprint density at radius 3 is 2.00 bits per heavy atom. The summed E-state index contributed by atoms with van der Waals surface area (Å²) < 4.78 is 15.3. The van der Waals surface area contributed by atoms with Crippen LogP contribution < -0.4 is 0 Å². The second-order valence-corrected chi connectivity index (χ2v) is 6.90. The highest BCUT2D eigenvalue weighted by Gasteiger charge is 2.52. The summed E-state index contributed by atoms with van der Waals surface area (Å²) in [6.07, 6.45) is 1.55. The molecule has 1 rings (SSSR count). The second kappa shape index (κ2) is 8.35. The fraction of sp³-hybridized carbons (Fsp3) is 0.824. The average Bonchev–Trinajstić information content (AvgIpc) is 3.22. The molecule has 0 N–H and O–H groups in total. The molecule has 7 heteroatoms. The van der Waals surface area contributed by atoms with Crippen LogP contribution in [0.2, 0.25) is 0 Å². The first-order valence-electron chi connectivity index (χ1n) is 8.45. The van der Waals surface area contributed by atoms with Gasteiger partial charge in [0.2, 0.25) is 0 Å². The van der Waals surface area contributed by atoms with Gasteiger partial charge in [0.1, 0.15) is 12.1 Å². The minimum Gasteiger partial charge on any atom is -0.466 e. The Balaban J connectivity index is 2.81. The van der Waals surface area contributed by atoms with E-state index < -0.39 is 23.2 Å². The maximum Gasteiger partial charge on any atom is 0.411 e. The van der Waals surface area contributed by atoms with E-state index in [1.54, 1.807) is 34.6 Å². The lowest BCUT2D eigenvalue weighted by Crippen LogP contribution is -2.48. The molecule has 0 saturated heterocycles. The van der Waals surface area contributed by atoms with E-state index in [0.717, 1.165) is 12.8 Å². The number of hydrogen-bond acceptors (Lipinski definition) is 6. The lowest BCUT2D eigenvalue weighted by Gasteiger charge is -2.33. The van der Waals surface area contributed by atoms with E-state index in [2.05, 4.69) is 0 Å². The van der Waals surface area contributed by atoms with E-state index in [4.69, 9.17) is 14.2 Å². The molecule has 0 aromatic heterocycles. The van der Waals surface area contributed by atoms with Crippen molar-refractivity contribution in [3.63, 3.8) is 0 Å². The summed E-state index contributed by atoms with van der Waals surface area (Å²) in [6, 6.07) is 0. The summed E-state index contributed by atoms with van der Waals surface area (Å²) in [7, 11) is 0. The molecule has 0 atom stereocenters. The highest BCUT2D eigenvalue weighted by molar-refractivity contribution is 5.79. The predicted octanol–water partition coefficient (Wildman–Crippen LogP) is 2.66. The minimum atomic E-state index is -0.665. The first-order valence-corrected chi connectivity index (χ1v) is 8.45. The monoisotopic (exact) mass is 343 g/mol. The van der Waals surface area contributed by atoms with Gasteiger partial charge in [-0.15, -0.1) is 0 Å². The fourth-order valence-electron chi connectivity index (χ4n) is 2.45. The van der Waals surface area contributed by atoms with Gasteiger partial charge in [-0.25, -0.2) is 4.79 Å². The molecular weight excluding hydrogens is 314 g/mol. The van der Waals surface area contributed by atoms with Crippen molar-refractivity contribution in [3.8, 4) is 0 Å². The van der Waals surface area contributed by atoms with Gasteiger partial charge in [0.05, 0.1) is 13.2 Å². The largest absolute Gasteiger partial charge is 0.466 e. The Hall–Kier alpha value is -1.79. The average molecular weight is 343 g/mol. The van der Waals surface area contributed by atoms with Crippen LogP contribution in [0, 0.1) is 0 Å². The molecule has 1 fully saturated rings. The molecule has 1 aliphatic carbocycles. The molecule has 0 bridgehead atoms. The van der Waals surface area contributed by atoms with Gasteiger partial charge in [0.25, 0.3) is 0 Å². The molecule has 0 unspecified atom stereocenters. The van der Waals surface area contributed by atoms with Crippen LogP contribution in [0.5, 0.6) is 0 Å². The Morgan fingerprint density at radius 2 is 1.54 bits per heavy atom. The summed E-state index contributed by atoms with van der Waals surface area (Å²) >= 11 is 0. The number of nitrogens with zero attached hydrogens (tertiary/aromatic N) is 1. The Morgan fingerprint density at radius 1 is 1.00 bits per heavy atom. The Bertz CT molecular complexity index is 464. The van der Waals surface area contributed by atoms with Gasteiger partial charge in [-0.3, -0.25) is 14.5 Å². The molecule has 1 amide bonds. The van der Waals surface area contributed by atoms with Crippen molar-refractivity contribution in [1.82, 2.24) is 4.90 Å². The van der Waals surface area contributed by atoms with Crippen molar-refractivity contribution in [2.45, 2.75) is 71.4 Å². The maximum atomic E-state index is 12.5. The van der Waals surface area contributed by atoms with Crippen LogP contribution >= 0.6 is 0 Å². The Labute approximate surface area is 143 Å². The number of carbonyl (C=O) groups is 3. The number of carbonyl (C=O) groups excluding carboxylic acids is 3. The zero-order valence-electron chi connectivity index (χ0n) is 15.3. The van der Waals surface area contributed by atoms with Crippen LogP contribution in [0.15, 0.2) is 0 Å². The number of rotatable bonds is 8. The Kier molecular flexibility index (Phi) is 7.05. The quantitative estimate of drug-likeness (QED) is 0.498. The molecule has 0 aromatic rings. The molecule has 0 heterocycles. The summed E-state index contributed by atoms with van der Waals surface area (Å²) in [5.41, 5.74) is -1.19. The second-order valence-electron chi connectivity index (χ2n) is 6.90. The summed E-state index contributed by atoms with van der Waals surface area (Å²) in [5, 5.41) is 0. The molecule has 0 spiro atoms. The van der Waals surface area contributed by atoms with Crippen molar-refractivity contribution in [3.05, 3.63) is 0 Å². The summed E-state index contributed by atoms with van der Waals surface area (Å²) in [6.45, 7) is 9.16. The third kappa shape index (κ3) is 6.37. The number of ether oxygens (including phenoxy) is 3. The molecular formula is C17H29NO6. The summed E-state index contributed by atoms with van der Waals surface area (Å²) in [4.78, 5) is 37.4. The first-order chi connectivity index (χ1) is 11.1. The van der Waals surface area contributed by atoms with Gasteiger partial charge in [0, 0.05) is 12.0 Å². The first kappa shape index (κ1) is 20.3. The standard InChI is InChI=1S/C17H29NO6/c1-6-22-13(19)8-9-17(10-11-17)18(12-14(20)23-7-2)15(21)24-16(3,4)5/h6-12H2,1-5H3. The van der Waals surface area contributed by atoms with E-state index >= 15 is 0 Å². The smallest absolute Gasteiger partial charge is 0.411 e. The van der Waals surface area contributed by atoms with E-state index in [1.807, 2.05) is 0 Å². The molecule has 24 heavy (non-hydrogen) atoms. The highest BCUT2D eigenvalue weighted by atomic mass is 16.6. The number of esters is 2. The molecule has 1 saturated carbocycles. The lowest BCUT2D eigenvalue weighted by molar-refractivity contribution is -0.145. The number of hydrogen-bond donors (Lipinski definition) is 0. The predicted molar refractivity (Wildman–Crippen MR) is 87.4 cm³/mol. The minimum absolute atomic E-state index is 0.175. The summed E-state index contributed by atoms with van der Waals surface area (Å²) in [5.74, 6) is -0.783. The van der Waals surface area contributed by atoms with Crippen LogP contribution in [0.3, 0.4) is 0 Å². The molecule has 1 aliphatic rings. The van der Waals surface area contributed by atoms with Gasteiger partial charge in [-0.2, -0.15) is 0 Å². The van der Waals surface area contributed by atoms with Crippen LogP contribution in [0.1, 0.15) is 60.3 Å². The van der Waals surface area contributed by atoms with Gasteiger partial charge in [0.15, 0.2) is 0 Å². The molecule has 7 nitrogen and oxygen atoms in total. The molecule has 138 valence electrons. The maximum absolute atomic E-state index is 12.5. The van der Waals surface area contributed by atoms with Crippen molar-refractivity contribution < 1.29 is 28.6 Å². The van der Waals surface area contributed by atoms with E-state index in [0.29, 0.717) is 13.0 Å². The molecule has 0 aliphatic heterocycles. The van der Waals surface area contributed by atoms with Crippen LogP contribution in [-0.2, 0) is 23.8 Å². The lowest BCUT2D eigenvalue weighted by atomic mass is 10.1. The third-order valence-corrected chi connectivity index (χ3v) is 3.71. The van der Waals surface area contributed by atoms with Crippen LogP contribution in [0.4, 0.5) is 4.79 Å². The van der Waals surface area contributed by atoms with Crippen molar-refractivity contribution in [1.29, 1.82) is 0 Å². The third-order valence-electron chi connectivity index (χ3n) is 3.71. The van der Waals surface area contributed by atoms with Crippen LogP contribution in [0.25, 0.3) is 0 Å². The highest BCUT2D eigenvalue weighted by Crippen LogP contribution is 2.46. The number of amides is 1. The van der Waals surface area contributed by atoms with Gasteiger partial charge >= 0.3 is 18.0 Å². The van der Waals surface area contributed by atoms with Gasteiger partial charge in [-0.1, -0.05) is 0 Å². The normalized spacial score (nSPS) is 15.4. The van der Waals surface area contributed by atoms with Crippen molar-refractivity contribution >= 4 is 18.0 Å². The molecule has 0 radical (unpaired) electrons. The van der Waals surface area contributed by atoms with E-state index in [1.165, 1.54) is 4.90 Å². The van der Waals surface area contributed by atoms with Crippen molar-refractivity contribution in [2.75, 3.05) is 19.8 Å².